The topological polar surface area (TPSA) is 50.9 Å². The molecule has 1 heterocycles. The van der Waals surface area contributed by atoms with Crippen LogP contribution in [0.5, 0.6) is 0 Å². The molecular formula is C15H18FN3. The molecule has 0 radical (unpaired) electrons. The van der Waals surface area contributed by atoms with E-state index in [-0.39, 0.29) is 11.4 Å². The Kier molecular flexibility index (Phi) is 2.81. The van der Waals surface area contributed by atoms with Gasteiger partial charge in [-0.15, -0.1) is 0 Å². The molecule has 0 saturated heterocycles. The zero-order valence-corrected chi connectivity index (χ0v) is 11.0. The molecule has 1 saturated carbocycles. The Morgan fingerprint density at radius 2 is 2.11 bits per heavy atom. The van der Waals surface area contributed by atoms with Crippen LogP contribution in [0, 0.1) is 5.82 Å². The van der Waals surface area contributed by atoms with Gasteiger partial charge in [-0.1, -0.05) is 12.8 Å². The Morgan fingerprint density at radius 1 is 1.37 bits per heavy atom. The number of anilines is 2. The van der Waals surface area contributed by atoms with Gasteiger partial charge in [0.05, 0.1) is 11.2 Å². The minimum atomic E-state index is -0.322. The van der Waals surface area contributed by atoms with E-state index in [1.165, 1.54) is 18.9 Å². The van der Waals surface area contributed by atoms with Crippen LogP contribution in [0.4, 0.5) is 15.8 Å². The fraction of sp³-hybridized carbons (Fsp3) is 0.400. The number of nitrogens with zero attached hydrogens (tertiary/aromatic N) is 1. The van der Waals surface area contributed by atoms with Crippen molar-refractivity contribution in [2.45, 2.75) is 38.1 Å². The van der Waals surface area contributed by atoms with Crippen molar-refractivity contribution in [3.63, 3.8) is 0 Å². The van der Waals surface area contributed by atoms with E-state index in [4.69, 9.17) is 5.73 Å². The van der Waals surface area contributed by atoms with Crippen molar-refractivity contribution in [2.24, 2.45) is 0 Å². The molecule has 2 aromatic rings. The van der Waals surface area contributed by atoms with Crippen LogP contribution >= 0.6 is 0 Å². The van der Waals surface area contributed by atoms with E-state index < -0.39 is 0 Å². The van der Waals surface area contributed by atoms with Gasteiger partial charge in [-0.3, -0.25) is 4.98 Å². The van der Waals surface area contributed by atoms with Crippen LogP contribution < -0.4 is 11.1 Å². The average molecular weight is 259 g/mol. The number of rotatable bonds is 2. The summed E-state index contributed by atoms with van der Waals surface area (Å²) >= 11 is 0. The Balaban J connectivity index is 2.12. The van der Waals surface area contributed by atoms with Gasteiger partial charge in [-0.2, -0.15) is 0 Å². The second kappa shape index (κ2) is 4.37. The lowest BCUT2D eigenvalue weighted by atomic mass is 9.99. The first-order valence-corrected chi connectivity index (χ1v) is 6.70. The number of hydrogen-bond donors (Lipinski definition) is 2. The first kappa shape index (κ1) is 12.2. The van der Waals surface area contributed by atoms with Gasteiger partial charge in [0.2, 0.25) is 0 Å². The lowest BCUT2D eigenvalue weighted by molar-refractivity contribution is 0.526. The predicted octanol–water partition coefficient (Wildman–Crippen LogP) is 3.70. The summed E-state index contributed by atoms with van der Waals surface area (Å²) in [5.74, 6) is -0.322. The van der Waals surface area contributed by atoms with Crippen molar-refractivity contribution in [3.05, 3.63) is 30.2 Å². The van der Waals surface area contributed by atoms with Gasteiger partial charge in [0.1, 0.15) is 0 Å². The molecule has 1 aliphatic rings. The number of nitrogen functional groups attached to an aromatic ring is 1. The summed E-state index contributed by atoms with van der Waals surface area (Å²) < 4.78 is 14.2. The molecule has 0 unspecified atom stereocenters. The normalized spacial score (nSPS) is 17.8. The van der Waals surface area contributed by atoms with E-state index >= 15 is 0 Å². The summed E-state index contributed by atoms with van der Waals surface area (Å²) in [5, 5.41) is 4.16. The second-order valence-corrected chi connectivity index (χ2v) is 5.61. The van der Waals surface area contributed by atoms with Gasteiger partial charge < -0.3 is 11.1 Å². The lowest BCUT2D eigenvalue weighted by Crippen LogP contribution is -2.31. The molecule has 0 aliphatic heterocycles. The fourth-order valence-corrected chi connectivity index (χ4v) is 2.94. The minimum absolute atomic E-state index is 0.0403. The van der Waals surface area contributed by atoms with Crippen molar-refractivity contribution in [2.75, 3.05) is 11.1 Å². The molecule has 4 heteroatoms. The van der Waals surface area contributed by atoms with Gasteiger partial charge in [-0.25, -0.2) is 4.39 Å². The monoisotopic (exact) mass is 259 g/mol. The molecule has 1 aromatic heterocycles. The van der Waals surface area contributed by atoms with Crippen molar-refractivity contribution < 1.29 is 4.39 Å². The Labute approximate surface area is 112 Å². The van der Waals surface area contributed by atoms with E-state index in [2.05, 4.69) is 17.2 Å². The first-order valence-electron chi connectivity index (χ1n) is 6.70. The smallest absolute Gasteiger partial charge is 0.150 e. The summed E-state index contributed by atoms with van der Waals surface area (Å²) in [7, 11) is 0. The SMILES string of the molecule is CC1(Nc2c(F)cc(N)c3cccnc23)CCCC1. The highest BCUT2D eigenvalue weighted by molar-refractivity contribution is 5.98. The van der Waals surface area contributed by atoms with E-state index in [0.717, 1.165) is 18.2 Å². The average Bonchev–Trinajstić information content (AvgIpc) is 2.82. The summed E-state index contributed by atoms with van der Waals surface area (Å²) in [6.45, 7) is 2.14. The molecule has 3 N–H and O–H groups in total. The molecule has 0 bridgehead atoms. The molecule has 100 valence electrons. The zero-order valence-electron chi connectivity index (χ0n) is 11.0. The largest absolute Gasteiger partial charge is 0.398 e. The Hall–Kier alpha value is -1.84. The minimum Gasteiger partial charge on any atom is -0.398 e. The van der Waals surface area contributed by atoms with Crippen LogP contribution in [-0.2, 0) is 0 Å². The summed E-state index contributed by atoms with van der Waals surface area (Å²) in [5.41, 5.74) is 7.35. The zero-order chi connectivity index (χ0) is 13.5. The highest BCUT2D eigenvalue weighted by Gasteiger charge is 2.30. The molecule has 3 nitrogen and oxygen atoms in total. The number of pyridine rings is 1. The number of nitrogens with two attached hydrogens (primary N) is 1. The quantitative estimate of drug-likeness (QED) is 0.808. The van der Waals surface area contributed by atoms with Gasteiger partial charge in [0, 0.05) is 22.8 Å². The molecule has 0 atom stereocenters. The van der Waals surface area contributed by atoms with Crippen LogP contribution in [0.2, 0.25) is 0 Å². The van der Waals surface area contributed by atoms with E-state index in [1.807, 2.05) is 12.1 Å². The number of fused-ring (bicyclic) bond motifs is 1. The highest BCUT2D eigenvalue weighted by Crippen LogP contribution is 2.37. The molecule has 1 aromatic carbocycles. The Bertz CT molecular complexity index is 618. The molecule has 19 heavy (non-hydrogen) atoms. The molecular weight excluding hydrogens is 241 g/mol. The lowest BCUT2D eigenvalue weighted by Gasteiger charge is -2.27. The molecule has 3 rings (SSSR count). The maximum Gasteiger partial charge on any atom is 0.150 e. The maximum absolute atomic E-state index is 14.2. The van der Waals surface area contributed by atoms with Gasteiger partial charge in [-0.05, 0) is 38.0 Å². The fourth-order valence-electron chi connectivity index (χ4n) is 2.94. The number of hydrogen-bond acceptors (Lipinski definition) is 3. The second-order valence-electron chi connectivity index (χ2n) is 5.61. The van der Waals surface area contributed by atoms with Crippen molar-refractivity contribution in [1.82, 2.24) is 4.98 Å². The van der Waals surface area contributed by atoms with Gasteiger partial charge >= 0.3 is 0 Å². The molecule has 1 aliphatic carbocycles. The van der Waals surface area contributed by atoms with Crippen molar-refractivity contribution in [1.29, 1.82) is 0 Å². The van der Waals surface area contributed by atoms with Crippen LogP contribution in [0.25, 0.3) is 10.9 Å². The third kappa shape index (κ3) is 2.11. The molecule has 1 fully saturated rings. The third-order valence-electron chi connectivity index (χ3n) is 4.01. The van der Waals surface area contributed by atoms with Crippen LogP contribution in [-0.4, -0.2) is 10.5 Å². The Morgan fingerprint density at radius 3 is 2.84 bits per heavy atom. The first-order chi connectivity index (χ1) is 9.09. The predicted molar refractivity (Wildman–Crippen MR) is 76.6 cm³/mol. The third-order valence-corrected chi connectivity index (χ3v) is 4.01. The number of aromatic nitrogens is 1. The van der Waals surface area contributed by atoms with Crippen molar-refractivity contribution >= 4 is 22.3 Å². The number of nitrogens with one attached hydrogen (secondary N) is 1. The molecule has 0 spiro atoms. The maximum atomic E-state index is 14.2. The van der Waals surface area contributed by atoms with Crippen LogP contribution in [0.15, 0.2) is 24.4 Å². The van der Waals surface area contributed by atoms with Crippen LogP contribution in [0.3, 0.4) is 0 Å². The number of benzene rings is 1. The van der Waals surface area contributed by atoms with E-state index in [9.17, 15) is 4.39 Å². The summed E-state index contributed by atoms with van der Waals surface area (Å²) in [6, 6.07) is 5.07. The standard InChI is InChI=1S/C15H18FN3/c1-15(6-2-3-7-15)19-14-11(16)9-12(17)10-5-4-8-18-13(10)14/h4-5,8-9,19H,2-3,6-7,17H2,1H3. The van der Waals surface area contributed by atoms with E-state index in [1.54, 1.807) is 6.20 Å². The number of halogens is 1. The highest BCUT2D eigenvalue weighted by atomic mass is 19.1. The molecule has 0 amide bonds. The van der Waals surface area contributed by atoms with Crippen molar-refractivity contribution in [3.8, 4) is 0 Å². The van der Waals surface area contributed by atoms with Gasteiger partial charge in [0.15, 0.2) is 5.82 Å². The van der Waals surface area contributed by atoms with Crippen LogP contribution in [0.1, 0.15) is 32.6 Å². The summed E-state index contributed by atoms with van der Waals surface area (Å²) in [4.78, 5) is 4.29. The van der Waals surface area contributed by atoms with E-state index in [0.29, 0.717) is 16.9 Å². The summed E-state index contributed by atoms with van der Waals surface area (Å²) in [6.07, 6.45) is 6.16. The van der Waals surface area contributed by atoms with Gasteiger partial charge in [0.25, 0.3) is 0 Å².